The molecule has 0 fully saturated rings. The van der Waals surface area contributed by atoms with Gasteiger partial charge < -0.3 is 9.84 Å². The first-order chi connectivity index (χ1) is 15.2. The Hall–Kier alpha value is -2.14. The molecule has 3 aromatic rings. The molecule has 2 aromatic carbocycles. The summed E-state index contributed by atoms with van der Waals surface area (Å²) in [5, 5.41) is 13.1. The summed E-state index contributed by atoms with van der Waals surface area (Å²) in [6, 6.07) is 15.2. The van der Waals surface area contributed by atoms with Crippen LogP contribution in [-0.4, -0.2) is 25.4 Å². The molecule has 168 valence electrons. The molecule has 0 spiro atoms. The van der Waals surface area contributed by atoms with Crippen LogP contribution in [0, 0.1) is 0 Å². The Morgan fingerprint density at radius 2 is 1.81 bits per heavy atom. The van der Waals surface area contributed by atoms with Crippen molar-refractivity contribution in [2.45, 2.75) is 56.4 Å². The number of ether oxygens (including phenoxy) is 1. The molecule has 0 amide bonds. The number of pyridine rings is 1. The number of fused-ring (bicyclic) bond motifs is 5. The number of methoxy groups -OCH3 is 1. The lowest BCUT2D eigenvalue weighted by molar-refractivity contribution is -0.755. The average Bonchev–Trinajstić information content (AvgIpc) is 2.77. The van der Waals surface area contributed by atoms with E-state index in [1.54, 1.807) is 7.11 Å². The van der Waals surface area contributed by atoms with E-state index < -0.39 is 5.54 Å². The molecule has 4 rings (SSSR count). The van der Waals surface area contributed by atoms with E-state index >= 15 is 0 Å². The van der Waals surface area contributed by atoms with E-state index in [9.17, 15) is 5.11 Å². The Morgan fingerprint density at radius 1 is 1.12 bits per heavy atom. The molecule has 0 aliphatic carbocycles. The molecule has 0 radical (unpaired) electrons. The van der Waals surface area contributed by atoms with E-state index in [1.165, 1.54) is 27.5 Å². The second-order valence-electron chi connectivity index (χ2n) is 9.74. The quantitative estimate of drug-likeness (QED) is 0.295. The highest BCUT2D eigenvalue weighted by atomic mass is 32.1. The summed E-state index contributed by atoms with van der Waals surface area (Å²) in [5.74, 6) is 0.400. The van der Waals surface area contributed by atoms with Crippen molar-refractivity contribution >= 4 is 23.4 Å². The largest absolute Gasteiger partial charge is 0.392 e. The van der Waals surface area contributed by atoms with E-state index in [4.69, 9.17) is 17.4 Å². The number of hydrogen-bond acceptors (Lipinski definition) is 3. The van der Waals surface area contributed by atoms with Crippen molar-refractivity contribution < 1.29 is 14.4 Å². The van der Waals surface area contributed by atoms with E-state index in [2.05, 4.69) is 81.8 Å². The van der Waals surface area contributed by atoms with Gasteiger partial charge in [-0.05, 0) is 53.8 Å². The highest BCUT2D eigenvalue weighted by molar-refractivity contribution is 7.80. The molecule has 2 heterocycles. The smallest absolute Gasteiger partial charge is 0.227 e. The van der Waals surface area contributed by atoms with Crippen LogP contribution in [-0.2, 0) is 15.7 Å². The number of nitrogens with zero attached hydrogens (tertiary/aromatic N) is 1. The topological polar surface area (TPSA) is 33.3 Å². The Bertz CT molecular complexity index is 1210. The van der Waals surface area contributed by atoms with Gasteiger partial charge in [-0.25, -0.2) is 0 Å². The van der Waals surface area contributed by atoms with Crippen molar-refractivity contribution in [1.29, 1.82) is 0 Å². The van der Waals surface area contributed by atoms with Crippen LogP contribution < -0.4 is 4.57 Å². The highest BCUT2D eigenvalue weighted by Gasteiger charge is 2.58. The van der Waals surface area contributed by atoms with E-state index in [0.717, 1.165) is 16.2 Å². The number of aliphatic hydroxyl groups is 1. The van der Waals surface area contributed by atoms with Crippen LogP contribution in [0.5, 0.6) is 0 Å². The molecule has 32 heavy (non-hydrogen) atoms. The minimum absolute atomic E-state index is 0.0378. The molecule has 0 saturated carbocycles. The summed E-state index contributed by atoms with van der Waals surface area (Å²) in [6.07, 6.45) is 4.15. The minimum Gasteiger partial charge on any atom is -0.392 e. The molecular formula is C28H34NO2S+. The zero-order valence-electron chi connectivity index (χ0n) is 19.9. The lowest BCUT2D eigenvalue weighted by Gasteiger charge is -2.46. The van der Waals surface area contributed by atoms with E-state index in [0.29, 0.717) is 12.5 Å². The lowest BCUT2D eigenvalue weighted by atomic mass is 9.60. The van der Waals surface area contributed by atoms with Gasteiger partial charge in [0.05, 0.1) is 29.1 Å². The summed E-state index contributed by atoms with van der Waals surface area (Å²) in [6.45, 7) is 11.8. The SMILES string of the molecule is COC/C=C(\CO)C1(C)[n+]2cccc(S)c2-c2cc(C(C)C)c3ccccc3c2C1(C)C. The van der Waals surface area contributed by atoms with Crippen LogP contribution in [0.15, 0.2) is 65.2 Å². The number of benzene rings is 2. The first kappa shape index (κ1) is 23.0. The molecule has 1 N–H and O–H groups in total. The molecule has 4 heteroatoms. The maximum Gasteiger partial charge on any atom is 0.227 e. The normalized spacial score (nSPS) is 19.8. The zero-order chi connectivity index (χ0) is 23.3. The highest BCUT2D eigenvalue weighted by Crippen LogP contribution is 2.53. The molecule has 1 atom stereocenters. The molecule has 1 aliphatic rings. The second-order valence-corrected chi connectivity index (χ2v) is 10.2. The van der Waals surface area contributed by atoms with Crippen molar-refractivity contribution in [2.24, 2.45) is 0 Å². The average molecular weight is 449 g/mol. The van der Waals surface area contributed by atoms with Gasteiger partial charge in [0.25, 0.3) is 0 Å². The number of aliphatic hydroxyl groups excluding tert-OH is 1. The molecule has 1 aromatic heterocycles. The van der Waals surface area contributed by atoms with Gasteiger partial charge in [-0.15, -0.1) is 12.6 Å². The second kappa shape index (κ2) is 8.33. The van der Waals surface area contributed by atoms with Crippen LogP contribution in [0.2, 0.25) is 0 Å². The number of aromatic nitrogens is 1. The minimum atomic E-state index is -0.510. The van der Waals surface area contributed by atoms with Crippen LogP contribution in [0.3, 0.4) is 0 Å². The van der Waals surface area contributed by atoms with Crippen LogP contribution in [0.4, 0.5) is 0 Å². The first-order valence-corrected chi connectivity index (χ1v) is 11.7. The summed E-state index contributed by atoms with van der Waals surface area (Å²) in [5.41, 5.74) is 5.08. The summed E-state index contributed by atoms with van der Waals surface area (Å²) >= 11 is 4.92. The van der Waals surface area contributed by atoms with Gasteiger partial charge in [0, 0.05) is 25.7 Å². The van der Waals surface area contributed by atoms with Gasteiger partial charge in [-0.1, -0.05) is 44.2 Å². The maximum atomic E-state index is 10.5. The number of rotatable bonds is 5. The van der Waals surface area contributed by atoms with Crippen LogP contribution in [0.25, 0.3) is 22.0 Å². The third-order valence-electron chi connectivity index (χ3n) is 7.54. The predicted octanol–water partition coefficient (Wildman–Crippen LogP) is 5.78. The Kier molecular flexibility index (Phi) is 6.00. The fourth-order valence-corrected chi connectivity index (χ4v) is 5.89. The van der Waals surface area contributed by atoms with E-state index in [-0.39, 0.29) is 12.0 Å². The number of thiol groups is 1. The summed E-state index contributed by atoms with van der Waals surface area (Å²) < 4.78 is 7.67. The number of hydrogen-bond donors (Lipinski definition) is 2. The van der Waals surface area contributed by atoms with Crippen molar-refractivity contribution in [3.63, 3.8) is 0 Å². The monoisotopic (exact) mass is 448 g/mol. The van der Waals surface area contributed by atoms with Gasteiger partial charge in [0.15, 0.2) is 11.7 Å². The van der Waals surface area contributed by atoms with Crippen molar-refractivity contribution in [1.82, 2.24) is 0 Å². The van der Waals surface area contributed by atoms with E-state index in [1.807, 2.05) is 12.1 Å². The van der Waals surface area contributed by atoms with Gasteiger partial charge in [-0.2, -0.15) is 4.57 Å². The zero-order valence-corrected chi connectivity index (χ0v) is 20.8. The Morgan fingerprint density at radius 3 is 2.44 bits per heavy atom. The van der Waals surface area contributed by atoms with Gasteiger partial charge in [0.2, 0.25) is 5.69 Å². The van der Waals surface area contributed by atoms with Crippen LogP contribution >= 0.6 is 12.6 Å². The molecule has 3 nitrogen and oxygen atoms in total. The fourth-order valence-electron chi connectivity index (χ4n) is 5.58. The third-order valence-corrected chi connectivity index (χ3v) is 7.90. The van der Waals surface area contributed by atoms with Gasteiger partial charge >= 0.3 is 0 Å². The van der Waals surface area contributed by atoms with Gasteiger partial charge in [0.1, 0.15) is 0 Å². The fraction of sp³-hybridized carbons (Fsp3) is 0.393. The van der Waals surface area contributed by atoms with Gasteiger partial charge in [-0.3, -0.25) is 0 Å². The van der Waals surface area contributed by atoms with Crippen molar-refractivity contribution in [2.75, 3.05) is 20.3 Å². The standard InChI is InChI=1S/C28H33NO2S/c1-18(2)22-16-23-25(21-11-8-7-10-20(21)22)27(3,4)28(5,19(17-30)13-15-31-6)29-14-9-12-24(32)26(23)29/h7-14,16,18,30H,15,17H2,1-6H3/p+1/b19-13+. The first-order valence-electron chi connectivity index (χ1n) is 11.3. The summed E-state index contributed by atoms with van der Waals surface area (Å²) in [7, 11) is 1.68. The lowest BCUT2D eigenvalue weighted by Crippen LogP contribution is -2.68. The predicted molar refractivity (Wildman–Crippen MR) is 135 cm³/mol. The van der Waals surface area contributed by atoms with Crippen molar-refractivity contribution in [3.05, 3.63) is 71.4 Å². The maximum absolute atomic E-state index is 10.5. The molecule has 0 saturated heterocycles. The molecular weight excluding hydrogens is 414 g/mol. The van der Waals surface area contributed by atoms with Crippen LogP contribution in [0.1, 0.15) is 51.7 Å². The molecule has 1 aliphatic heterocycles. The Balaban J connectivity index is 2.21. The summed E-state index contributed by atoms with van der Waals surface area (Å²) in [4.78, 5) is 0.935. The molecule has 0 bridgehead atoms. The Labute approximate surface area is 197 Å². The van der Waals surface area contributed by atoms with Crippen molar-refractivity contribution in [3.8, 4) is 11.3 Å². The third kappa shape index (κ3) is 3.15. The molecule has 1 unspecified atom stereocenters.